The molecule has 14 nitrogen and oxygen atoms in total. The van der Waals surface area contributed by atoms with Gasteiger partial charge in [-0.15, -0.1) is 11.3 Å². The van der Waals surface area contributed by atoms with E-state index in [0.29, 0.717) is 66.9 Å². The molecule has 2 aromatic carbocycles. The average molecular weight is 912 g/mol. The van der Waals surface area contributed by atoms with Gasteiger partial charge in [0.25, 0.3) is 11.9 Å². The van der Waals surface area contributed by atoms with E-state index >= 15 is 4.39 Å². The van der Waals surface area contributed by atoms with Crippen LogP contribution in [0.25, 0.3) is 15.2 Å². The molecular weight excluding hydrogens is 859 g/mol. The van der Waals surface area contributed by atoms with Gasteiger partial charge in [-0.25, -0.2) is 4.39 Å². The number of ether oxygens (including phenoxy) is 2. The lowest BCUT2D eigenvalue weighted by atomic mass is 9.73. The fraction of sp³-hybridized carbons (Fsp3) is 0.468. The number of halogens is 1. The summed E-state index contributed by atoms with van der Waals surface area (Å²) in [5, 5.41) is 7.64. The van der Waals surface area contributed by atoms with Gasteiger partial charge in [-0.2, -0.15) is 0 Å². The zero-order valence-corrected chi connectivity index (χ0v) is 37.6. The highest BCUT2D eigenvalue weighted by Gasteiger charge is 2.50. The Bertz CT molecular complexity index is 2460. The van der Waals surface area contributed by atoms with Crippen molar-refractivity contribution in [3.05, 3.63) is 106 Å². The fourth-order valence-corrected chi connectivity index (χ4v) is 12.3. The normalized spacial score (nSPS) is 25.1. The first-order valence-electron chi connectivity index (χ1n) is 22.3. The minimum Gasteiger partial charge on any atom is -0.555 e. The van der Waals surface area contributed by atoms with Gasteiger partial charge in [-0.1, -0.05) is 50.3 Å². The Kier molecular flexibility index (Phi) is 12.9. The molecule has 64 heavy (non-hydrogen) atoms. The van der Waals surface area contributed by atoms with Gasteiger partial charge in [-0.05, 0) is 97.3 Å². The summed E-state index contributed by atoms with van der Waals surface area (Å²) < 4.78 is 48.1. The zero-order valence-electron chi connectivity index (χ0n) is 35.9. The molecule has 4 saturated heterocycles. The Labute approximate surface area is 376 Å². The van der Waals surface area contributed by atoms with Crippen LogP contribution in [-0.2, 0) is 28.4 Å². The van der Waals surface area contributed by atoms with Crippen molar-refractivity contribution < 1.29 is 42.1 Å². The van der Waals surface area contributed by atoms with Crippen molar-refractivity contribution in [1.82, 2.24) is 20.1 Å². The number of morpholine rings is 1. The van der Waals surface area contributed by atoms with Gasteiger partial charge >= 0.3 is 0 Å². The lowest BCUT2D eigenvalue weighted by Gasteiger charge is -2.45. The van der Waals surface area contributed by atoms with Gasteiger partial charge in [-0.3, -0.25) is 28.7 Å². The van der Waals surface area contributed by atoms with Crippen LogP contribution in [-0.4, -0.2) is 109 Å². The van der Waals surface area contributed by atoms with Crippen LogP contribution in [0.4, 0.5) is 10.1 Å². The molecule has 9 rings (SSSR count). The molecule has 8 atom stereocenters. The van der Waals surface area contributed by atoms with Crippen molar-refractivity contribution in [2.24, 2.45) is 11.8 Å². The standard InChI is InChI=1S/C47H54FN6O8PS/c1-3-19-61-47(58)29(2)51-63(59,62-36-7-5-4-6-8-36)43(48)32-11-14-41-33(22-32)25-42(64-41)44(55)50-38-24-31-10-9-30(31)23-35-12-13-40(54(35)45(38)56)46(57)53-27-34(28-53)37-26-49-16-15-39(37)52-17-20-60-21-18-52/h4-11,14-16,22,25-26,29-31,34-35,38,40,43H,3,12-13,17-21,23-24,27-28H2,1-2H3,(H2,50,51,55,59)/p-1/t29-,30-,31+,35+,38-,40-,43-,63?/m0/s1. The second kappa shape index (κ2) is 18.8. The van der Waals surface area contributed by atoms with Crippen molar-refractivity contribution in [2.45, 2.75) is 81.9 Å². The molecule has 4 aliphatic heterocycles. The number of carbonyl (C=O) groups is 4. The number of rotatable bonds is 14. The maximum atomic E-state index is 16.6. The Morgan fingerprint density at radius 2 is 1.80 bits per heavy atom. The molecule has 0 radical (unpaired) electrons. The van der Waals surface area contributed by atoms with Crippen molar-refractivity contribution in [1.29, 1.82) is 0 Å². The van der Waals surface area contributed by atoms with Crippen molar-refractivity contribution in [3.8, 4) is 5.75 Å². The number of amides is 3. The number of allylic oxidation sites excluding steroid dienone is 2. The van der Waals surface area contributed by atoms with Gasteiger partial charge in [0, 0.05) is 66.5 Å². The predicted octanol–water partition coefficient (Wildman–Crippen LogP) is 7.77. The topological polar surface area (TPSA) is 162 Å². The quantitative estimate of drug-likeness (QED) is 0.0752. The third-order valence-electron chi connectivity index (χ3n) is 13.1. The number of benzene rings is 2. The molecule has 0 saturated carbocycles. The maximum absolute atomic E-state index is 16.6. The summed E-state index contributed by atoms with van der Waals surface area (Å²) >= 11 is 1.19. The van der Waals surface area contributed by atoms with Crippen LogP contribution in [0.1, 0.15) is 78.6 Å². The number of hydrogen-bond acceptors (Lipinski definition) is 11. The van der Waals surface area contributed by atoms with E-state index in [9.17, 15) is 23.7 Å². The average Bonchev–Trinajstić information content (AvgIpc) is 3.92. The van der Waals surface area contributed by atoms with E-state index < -0.39 is 43.4 Å². The zero-order chi connectivity index (χ0) is 44.5. The highest BCUT2D eigenvalue weighted by Crippen LogP contribution is 2.66. The summed E-state index contributed by atoms with van der Waals surface area (Å²) in [4.78, 5) is 66.3. The van der Waals surface area contributed by atoms with E-state index in [2.05, 4.69) is 32.4 Å². The minimum atomic E-state index is -4.58. The van der Waals surface area contributed by atoms with Gasteiger partial charge in [0.05, 0.1) is 24.7 Å². The molecule has 3 amide bonds. The lowest BCUT2D eigenvalue weighted by Crippen LogP contribution is -2.60. The third-order valence-corrected chi connectivity index (χ3v) is 16.2. The highest BCUT2D eigenvalue weighted by molar-refractivity contribution is 7.62. The van der Waals surface area contributed by atoms with Gasteiger partial charge < -0.3 is 39.1 Å². The molecule has 0 spiro atoms. The summed E-state index contributed by atoms with van der Waals surface area (Å²) in [7, 11) is -4.58. The summed E-state index contributed by atoms with van der Waals surface area (Å²) in [6, 6.07) is 13.5. The van der Waals surface area contributed by atoms with Crippen LogP contribution >= 0.6 is 18.9 Å². The van der Waals surface area contributed by atoms with E-state index in [1.807, 2.05) is 24.1 Å². The number of nitrogens with one attached hydrogen (secondary N) is 1. The minimum absolute atomic E-state index is 0.00492. The number of alkyl halides is 1. The molecule has 17 heteroatoms. The second-order valence-corrected chi connectivity index (χ2v) is 20.4. The van der Waals surface area contributed by atoms with Crippen LogP contribution < -0.4 is 14.7 Å². The molecule has 4 aromatic rings. The molecule has 5 aliphatic rings. The first kappa shape index (κ1) is 44.1. The maximum Gasteiger partial charge on any atom is 0.288 e. The van der Waals surface area contributed by atoms with E-state index in [0.717, 1.165) is 30.8 Å². The Hall–Kier alpha value is -5.15. The molecule has 0 bridgehead atoms. The van der Waals surface area contributed by atoms with Crippen LogP contribution in [0.5, 0.6) is 5.75 Å². The number of aromatic nitrogens is 1. The number of nitrogens with zero attached hydrogens (tertiary/aromatic N) is 5. The van der Waals surface area contributed by atoms with Crippen LogP contribution in [0, 0.1) is 11.8 Å². The Morgan fingerprint density at radius 1 is 1.03 bits per heavy atom. The largest absolute Gasteiger partial charge is 0.555 e. The van der Waals surface area contributed by atoms with Crippen LogP contribution in [0.15, 0.2) is 85.2 Å². The van der Waals surface area contributed by atoms with Gasteiger partial charge in [0.1, 0.15) is 17.8 Å². The summed E-state index contributed by atoms with van der Waals surface area (Å²) in [6.45, 7) is 7.41. The first-order valence-corrected chi connectivity index (χ1v) is 24.7. The first-order chi connectivity index (χ1) is 31.0. The molecule has 338 valence electrons. The van der Waals surface area contributed by atoms with Crippen LogP contribution in [0.2, 0.25) is 0 Å². The number of thiophene rings is 1. The fourth-order valence-electron chi connectivity index (χ4n) is 9.59. The van der Waals surface area contributed by atoms with Crippen molar-refractivity contribution >= 4 is 58.3 Å². The van der Waals surface area contributed by atoms with Crippen LogP contribution in [0.3, 0.4) is 0 Å². The van der Waals surface area contributed by atoms with E-state index in [1.165, 1.54) is 42.5 Å². The monoisotopic (exact) mass is 911 g/mol. The summed E-state index contributed by atoms with van der Waals surface area (Å²) in [5.74, 6) is -3.11. The van der Waals surface area contributed by atoms with E-state index in [4.69, 9.17) is 14.0 Å². The molecule has 6 heterocycles. The molecule has 4 fully saturated rings. The van der Waals surface area contributed by atoms with Crippen molar-refractivity contribution in [2.75, 3.05) is 50.9 Å². The van der Waals surface area contributed by atoms with E-state index in [-0.39, 0.29) is 53.5 Å². The van der Waals surface area contributed by atoms with Gasteiger partial charge in [0.15, 0.2) is 5.91 Å². The number of carbonyl (C=O) groups excluding carboxylic acids is 4. The summed E-state index contributed by atoms with van der Waals surface area (Å²) in [5.41, 5.74) is 2.25. The Morgan fingerprint density at radius 3 is 2.55 bits per heavy atom. The SMILES string of the molecule is CCCOC(=O)[C@H](C)[N-]P(=O)(Oc1ccccc1)[C@H](F)c1ccc2sc(C(=O)N[C@H]3C[C@H]4C=C[C@H]4C[C@H]4CC[C@@H](C(=O)N5CC(c6cnccc6N6CCOCC6)C5)N4C3=O)cc2c1. The number of para-hydroxylation sites is 1. The highest BCUT2D eigenvalue weighted by atomic mass is 32.1. The Balaban J connectivity index is 0.899. The number of esters is 1. The molecular formula is C47H53FN6O8PS-. The smallest absolute Gasteiger partial charge is 0.288 e. The number of pyridine rings is 1. The molecule has 1 aliphatic carbocycles. The second-order valence-electron chi connectivity index (χ2n) is 17.3. The molecule has 1 unspecified atom stereocenters. The predicted molar refractivity (Wildman–Crippen MR) is 241 cm³/mol. The van der Waals surface area contributed by atoms with Crippen molar-refractivity contribution in [3.63, 3.8) is 0 Å². The van der Waals surface area contributed by atoms with E-state index in [1.54, 1.807) is 41.4 Å². The number of likely N-dealkylation sites (tertiary alicyclic amines) is 1. The third kappa shape index (κ3) is 8.94. The lowest BCUT2D eigenvalue weighted by molar-refractivity contribution is -0.150. The molecule has 2 aromatic heterocycles. The van der Waals surface area contributed by atoms with Gasteiger partial charge in [0.2, 0.25) is 19.3 Å². The molecule has 1 N–H and O–H groups in total. The number of fused-ring (bicyclic) bond motifs is 3. The number of hydrogen-bond donors (Lipinski definition) is 1. The summed E-state index contributed by atoms with van der Waals surface area (Å²) in [6.07, 6.45) is 11.0. The number of anilines is 1.